The smallest absolute Gasteiger partial charge is 0.234 e. The molecule has 0 unspecified atom stereocenters. The average molecular weight is 402 g/mol. The summed E-state index contributed by atoms with van der Waals surface area (Å²) in [6, 6.07) is 13.7. The Kier molecular flexibility index (Phi) is 6.21. The number of ketones is 1. The Morgan fingerprint density at radius 1 is 1.07 bits per heavy atom. The van der Waals surface area contributed by atoms with E-state index in [-0.39, 0.29) is 22.9 Å². The molecule has 2 aromatic heterocycles. The zero-order valence-corrected chi connectivity index (χ0v) is 16.0. The number of carbonyl (C=O) groups is 1. The van der Waals surface area contributed by atoms with Crippen molar-refractivity contribution in [2.45, 2.75) is 5.75 Å². The first kappa shape index (κ1) is 19.1. The van der Waals surface area contributed by atoms with Crippen molar-refractivity contribution in [2.75, 3.05) is 7.05 Å². The molecule has 0 spiro atoms. The number of furan rings is 2. The van der Waals surface area contributed by atoms with Gasteiger partial charge in [0.25, 0.3) is 0 Å². The minimum atomic E-state index is -0.474. The van der Waals surface area contributed by atoms with Gasteiger partial charge in [-0.2, -0.15) is 0 Å². The number of halogens is 1. The Balaban J connectivity index is 1.94. The van der Waals surface area contributed by atoms with Crippen LogP contribution in [0.5, 0.6) is 0 Å². The number of rotatable bonds is 6. The second-order valence-electron chi connectivity index (χ2n) is 5.45. The molecule has 2 heterocycles. The number of benzene rings is 1. The summed E-state index contributed by atoms with van der Waals surface area (Å²) in [6.45, 7) is 0. The lowest BCUT2D eigenvalue weighted by atomic mass is 10.1. The monoisotopic (exact) mass is 401 g/mol. The van der Waals surface area contributed by atoms with Crippen molar-refractivity contribution >= 4 is 39.9 Å². The van der Waals surface area contributed by atoms with E-state index in [1.807, 2.05) is 12.1 Å². The van der Waals surface area contributed by atoms with Crippen molar-refractivity contribution in [3.63, 3.8) is 0 Å². The molecule has 0 aliphatic carbocycles. The fraction of sp³-hybridized carbons (Fsp3) is 0.100. The van der Waals surface area contributed by atoms with Gasteiger partial charge in [-0.1, -0.05) is 23.7 Å². The molecule has 27 heavy (non-hydrogen) atoms. The number of aliphatic imine (C=N–C) groups is 1. The van der Waals surface area contributed by atoms with Crippen molar-refractivity contribution in [1.29, 1.82) is 0 Å². The predicted molar refractivity (Wildman–Crippen MR) is 107 cm³/mol. The highest BCUT2D eigenvalue weighted by Gasteiger charge is 2.26. The Bertz CT molecular complexity index is 958. The summed E-state index contributed by atoms with van der Waals surface area (Å²) >= 11 is 7.24. The number of thioether (sulfide) groups is 1. The van der Waals surface area contributed by atoms with Crippen LogP contribution in [0.4, 0.5) is 0 Å². The van der Waals surface area contributed by atoms with Gasteiger partial charge in [-0.15, -0.1) is 11.8 Å². The molecule has 5 nitrogen and oxygen atoms in total. The maximum absolute atomic E-state index is 12.9. The third kappa shape index (κ3) is 4.53. The van der Waals surface area contributed by atoms with E-state index in [9.17, 15) is 9.90 Å². The number of hydrogen-bond acceptors (Lipinski definition) is 6. The predicted octanol–water partition coefficient (Wildman–Crippen LogP) is 5.64. The van der Waals surface area contributed by atoms with Crippen molar-refractivity contribution in [1.82, 2.24) is 0 Å². The Morgan fingerprint density at radius 3 is 2.26 bits per heavy atom. The summed E-state index contributed by atoms with van der Waals surface area (Å²) in [5.41, 5.74) is 1.04. The highest BCUT2D eigenvalue weighted by Crippen LogP contribution is 2.28. The Hall–Kier alpha value is -2.70. The van der Waals surface area contributed by atoms with Gasteiger partial charge in [-0.05, 0) is 42.0 Å². The molecule has 0 amide bonds. The van der Waals surface area contributed by atoms with Crippen LogP contribution in [0.3, 0.4) is 0 Å². The molecule has 0 aliphatic heterocycles. The summed E-state index contributed by atoms with van der Waals surface area (Å²) in [6.07, 6.45) is 2.82. The van der Waals surface area contributed by atoms with Gasteiger partial charge in [-0.25, -0.2) is 0 Å². The van der Waals surface area contributed by atoms with Crippen LogP contribution in [0.1, 0.15) is 21.9 Å². The number of aliphatic hydroxyl groups excluding tert-OH is 1. The minimum absolute atomic E-state index is 0.0290. The number of aliphatic hydroxyl groups is 1. The van der Waals surface area contributed by atoms with Gasteiger partial charge in [0.2, 0.25) is 5.78 Å². The summed E-state index contributed by atoms with van der Waals surface area (Å²) < 4.78 is 10.5. The molecular formula is C20H16ClNO4S. The Morgan fingerprint density at radius 2 is 1.70 bits per heavy atom. The fourth-order valence-electron chi connectivity index (χ4n) is 2.35. The number of Topliss-reactive ketones (excluding diaryl/α,β-unsaturated/α-hetero) is 1. The third-order valence-electron chi connectivity index (χ3n) is 3.67. The lowest BCUT2D eigenvalue weighted by molar-refractivity contribution is 0.101. The quantitative estimate of drug-likeness (QED) is 0.190. The standard InChI is InChI=1S/C20H16ClNO4S/c1-22-20(27-12-13-6-8-14(21)9-7-13)17(18(23)15-4-2-10-25-15)19(24)16-5-3-11-26-16/h2-11,23H,12H2,1H3/b18-17-,22-20?. The summed E-state index contributed by atoms with van der Waals surface area (Å²) in [7, 11) is 1.56. The molecule has 3 aromatic rings. The van der Waals surface area contributed by atoms with E-state index in [1.54, 1.807) is 37.4 Å². The van der Waals surface area contributed by atoms with E-state index in [0.717, 1.165) is 5.56 Å². The normalized spacial score (nSPS) is 12.7. The second-order valence-corrected chi connectivity index (χ2v) is 6.85. The van der Waals surface area contributed by atoms with E-state index in [2.05, 4.69) is 4.99 Å². The summed E-state index contributed by atoms with van der Waals surface area (Å²) in [5.74, 6) is 0.0720. The molecule has 3 rings (SSSR count). The second kappa shape index (κ2) is 8.79. The molecule has 0 bridgehead atoms. The largest absolute Gasteiger partial charge is 0.504 e. The van der Waals surface area contributed by atoms with Gasteiger partial charge in [0.15, 0.2) is 17.3 Å². The lowest BCUT2D eigenvalue weighted by Gasteiger charge is -2.11. The third-order valence-corrected chi connectivity index (χ3v) is 5.06. The average Bonchev–Trinajstić information content (AvgIpc) is 3.39. The minimum Gasteiger partial charge on any atom is -0.504 e. The highest BCUT2D eigenvalue weighted by molar-refractivity contribution is 8.13. The zero-order valence-electron chi connectivity index (χ0n) is 14.4. The fourth-order valence-corrected chi connectivity index (χ4v) is 3.44. The molecule has 7 heteroatoms. The van der Waals surface area contributed by atoms with Gasteiger partial charge in [0.05, 0.1) is 12.5 Å². The molecule has 138 valence electrons. The molecule has 0 radical (unpaired) electrons. The van der Waals surface area contributed by atoms with Crippen molar-refractivity contribution in [3.8, 4) is 0 Å². The number of nitrogens with zero attached hydrogens (tertiary/aromatic N) is 1. The highest BCUT2D eigenvalue weighted by atomic mass is 35.5. The van der Waals surface area contributed by atoms with Gasteiger partial charge in [-0.3, -0.25) is 9.79 Å². The van der Waals surface area contributed by atoms with Crippen molar-refractivity contribution in [3.05, 3.63) is 88.7 Å². The van der Waals surface area contributed by atoms with Crippen LogP contribution in [0.15, 0.2) is 80.5 Å². The van der Waals surface area contributed by atoms with E-state index in [0.29, 0.717) is 15.8 Å². The van der Waals surface area contributed by atoms with Crippen LogP contribution in [0, 0.1) is 0 Å². The van der Waals surface area contributed by atoms with Crippen molar-refractivity contribution in [2.24, 2.45) is 4.99 Å². The molecule has 0 saturated heterocycles. The molecule has 0 atom stereocenters. The van der Waals surface area contributed by atoms with Crippen LogP contribution in [0.2, 0.25) is 5.02 Å². The van der Waals surface area contributed by atoms with Gasteiger partial charge < -0.3 is 13.9 Å². The van der Waals surface area contributed by atoms with Crippen LogP contribution in [-0.4, -0.2) is 23.0 Å². The van der Waals surface area contributed by atoms with E-state index < -0.39 is 5.78 Å². The molecule has 1 N–H and O–H groups in total. The van der Waals surface area contributed by atoms with Gasteiger partial charge >= 0.3 is 0 Å². The van der Waals surface area contributed by atoms with E-state index in [1.165, 1.54) is 30.4 Å². The first-order valence-corrected chi connectivity index (χ1v) is 9.36. The first-order chi connectivity index (χ1) is 13.1. The molecule has 0 saturated carbocycles. The van der Waals surface area contributed by atoms with Crippen LogP contribution >= 0.6 is 23.4 Å². The maximum atomic E-state index is 12.9. The van der Waals surface area contributed by atoms with Crippen molar-refractivity contribution < 1.29 is 18.7 Å². The summed E-state index contributed by atoms with van der Waals surface area (Å²) in [4.78, 5) is 17.1. The zero-order chi connectivity index (χ0) is 19.2. The molecule has 0 aliphatic rings. The topological polar surface area (TPSA) is 75.9 Å². The number of hydrogen-bond donors (Lipinski definition) is 1. The van der Waals surface area contributed by atoms with Gasteiger partial charge in [0.1, 0.15) is 10.6 Å². The van der Waals surface area contributed by atoms with Crippen LogP contribution in [0.25, 0.3) is 5.76 Å². The maximum Gasteiger partial charge on any atom is 0.234 e. The van der Waals surface area contributed by atoms with Gasteiger partial charge in [0, 0.05) is 17.8 Å². The summed E-state index contributed by atoms with van der Waals surface area (Å²) in [5, 5.41) is 11.7. The number of carbonyl (C=O) groups excluding carboxylic acids is 1. The lowest BCUT2D eigenvalue weighted by Crippen LogP contribution is -2.13. The molecule has 0 fully saturated rings. The Labute approximate surface area is 165 Å². The van der Waals surface area contributed by atoms with Crippen LogP contribution in [-0.2, 0) is 5.75 Å². The SMILES string of the molecule is CN=C(SCc1ccc(Cl)cc1)/C(C(=O)c1ccco1)=C(\O)c1ccco1. The molecule has 1 aromatic carbocycles. The van der Waals surface area contributed by atoms with E-state index in [4.69, 9.17) is 20.4 Å². The van der Waals surface area contributed by atoms with E-state index >= 15 is 0 Å². The first-order valence-electron chi connectivity index (χ1n) is 8.00. The van der Waals surface area contributed by atoms with Crippen LogP contribution < -0.4 is 0 Å². The molecular weight excluding hydrogens is 386 g/mol.